The molecule has 0 heterocycles. The molecule has 1 unspecified atom stereocenters. The van der Waals surface area contributed by atoms with Crippen LogP contribution in [0.3, 0.4) is 0 Å². The minimum absolute atomic E-state index is 0.601. The van der Waals surface area contributed by atoms with Crippen LogP contribution in [0.25, 0.3) is 0 Å². The first-order valence-electron chi connectivity index (χ1n) is 6.05. The first-order chi connectivity index (χ1) is 6.61. The third kappa shape index (κ3) is 6.39. The van der Waals surface area contributed by atoms with Gasteiger partial charge in [0.1, 0.15) is 0 Å². The van der Waals surface area contributed by atoms with Crippen molar-refractivity contribution >= 4 is 0 Å². The number of likely N-dealkylation sites (N-methyl/N-ethyl adjacent to an activating group) is 1. The van der Waals surface area contributed by atoms with Gasteiger partial charge >= 0.3 is 0 Å². The van der Waals surface area contributed by atoms with Gasteiger partial charge < -0.3 is 10.2 Å². The Labute approximate surface area is 90.1 Å². The molecule has 2 nitrogen and oxygen atoms in total. The Kier molecular flexibility index (Phi) is 8.20. The second-order valence-electron chi connectivity index (χ2n) is 4.49. The molecule has 1 atom stereocenters. The van der Waals surface area contributed by atoms with E-state index in [1.807, 2.05) is 0 Å². The third-order valence-electron chi connectivity index (χ3n) is 2.58. The van der Waals surface area contributed by atoms with E-state index in [1.165, 1.54) is 25.8 Å². The minimum atomic E-state index is 0.601. The Morgan fingerprint density at radius 1 is 1.14 bits per heavy atom. The van der Waals surface area contributed by atoms with Gasteiger partial charge in [-0.2, -0.15) is 0 Å². The predicted octanol–water partition coefficient (Wildman–Crippen LogP) is 2.49. The zero-order chi connectivity index (χ0) is 11.0. The van der Waals surface area contributed by atoms with Gasteiger partial charge in [0.15, 0.2) is 0 Å². The second kappa shape index (κ2) is 8.25. The van der Waals surface area contributed by atoms with Crippen molar-refractivity contribution in [2.45, 2.75) is 59.0 Å². The van der Waals surface area contributed by atoms with Gasteiger partial charge in [0.2, 0.25) is 0 Å². The summed E-state index contributed by atoms with van der Waals surface area (Å²) in [6.07, 6.45) is 3.83. The molecule has 0 aliphatic carbocycles. The van der Waals surface area contributed by atoms with E-state index in [-0.39, 0.29) is 0 Å². The fourth-order valence-corrected chi connectivity index (χ4v) is 1.72. The van der Waals surface area contributed by atoms with E-state index >= 15 is 0 Å². The number of hydrogen-bond donors (Lipinski definition) is 1. The lowest BCUT2D eigenvalue weighted by Gasteiger charge is -2.28. The maximum atomic E-state index is 3.53. The molecule has 86 valence electrons. The molecular formula is C12H28N2. The van der Waals surface area contributed by atoms with Gasteiger partial charge in [-0.1, -0.05) is 34.1 Å². The van der Waals surface area contributed by atoms with E-state index in [0.717, 1.165) is 6.54 Å². The average Bonchev–Trinajstić information content (AvgIpc) is 2.12. The zero-order valence-electron chi connectivity index (χ0n) is 10.6. The number of hydrogen-bond acceptors (Lipinski definition) is 2. The molecular weight excluding hydrogens is 172 g/mol. The number of nitrogens with one attached hydrogen (secondary N) is 1. The van der Waals surface area contributed by atoms with E-state index in [0.29, 0.717) is 12.1 Å². The Bertz CT molecular complexity index is 123. The molecule has 0 amide bonds. The van der Waals surface area contributed by atoms with Crippen molar-refractivity contribution in [1.82, 2.24) is 10.2 Å². The molecule has 0 spiro atoms. The highest BCUT2D eigenvalue weighted by molar-refractivity contribution is 4.71. The first kappa shape index (κ1) is 13.9. The molecule has 0 rings (SSSR count). The molecule has 0 fully saturated rings. The van der Waals surface area contributed by atoms with Crippen molar-refractivity contribution < 1.29 is 0 Å². The fourth-order valence-electron chi connectivity index (χ4n) is 1.72. The van der Waals surface area contributed by atoms with Gasteiger partial charge in [-0.3, -0.25) is 0 Å². The van der Waals surface area contributed by atoms with Gasteiger partial charge in [-0.05, 0) is 26.4 Å². The Morgan fingerprint density at radius 2 is 1.79 bits per heavy atom. The molecule has 0 aliphatic rings. The van der Waals surface area contributed by atoms with Crippen LogP contribution in [0.15, 0.2) is 0 Å². The standard InChI is InChI=1S/C12H28N2/c1-6-8-12(10-13-11(3)4)14(5)9-7-2/h11-13H,6-10H2,1-5H3. The van der Waals surface area contributed by atoms with Crippen molar-refractivity contribution in [1.29, 1.82) is 0 Å². The molecule has 14 heavy (non-hydrogen) atoms. The van der Waals surface area contributed by atoms with Crippen LogP contribution in [-0.4, -0.2) is 37.1 Å². The molecule has 0 aromatic heterocycles. The zero-order valence-corrected chi connectivity index (χ0v) is 10.6. The quantitative estimate of drug-likeness (QED) is 0.647. The van der Waals surface area contributed by atoms with Crippen molar-refractivity contribution in [3.8, 4) is 0 Å². The van der Waals surface area contributed by atoms with Crippen LogP contribution in [0.5, 0.6) is 0 Å². The highest BCUT2D eigenvalue weighted by Gasteiger charge is 2.12. The van der Waals surface area contributed by atoms with E-state index in [4.69, 9.17) is 0 Å². The summed E-state index contributed by atoms with van der Waals surface area (Å²) < 4.78 is 0. The van der Waals surface area contributed by atoms with E-state index in [1.54, 1.807) is 0 Å². The summed E-state index contributed by atoms with van der Waals surface area (Å²) in [7, 11) is 2.24. The van der Waals surface area contributed by atoms with E-state index in [9.17, 15) is 0 Å². The van der Waals surface area contributed by atoms with Crippen LogP contribution in [0.1, 0.15) is 47.0 Å². The summed E-state index contributed by atoms with van der Waals surface area (Å²) in [6.45, 7) is 11.3. The largest absolute Gasteiger partial charge is 0.313 e. The van der Waals surface area contributed by atoms with Crippen LogP contribution in [0.2, 0.25) is 0 Å². The van der Waals surface area contributed by atoms with Crippen molar-refractivity contribution in [2.24, 2.45) is 0 Å². The van der Waals surface area contributed by atoms with Gasteiger partial charge in [0, 0.05) is 18.6 Å². The van der Waals surface area contributed by atoms with E-state index in [2.05, 4.69) is 45.0 Å². The van der Waals surface area contributed by atoms with E-state index < -0.39 is 0 Å². The molecule has 0 saturated heterocycles. The average molecular weight is 200 g/mol. The summed E-state index contributed by atoms with van der Waals surface area (Å²) in [5.41, 5.74) is 0. The molecule has 0 aromatic carbocycles. The van der Waals surface area contributed by atoms with Gasteiger partial charge in [-0.15, -0.1) is 0 Å². The molecule has 0 bridgehead atoms. The molecule has 2 heteroatoms. The summed E-state index contributed by atoms with van der Waals surface area (Å²) in [5, 5.41) is 3.53. The minimum Gasteiger partial charge on any atom is -0.313 e. The highest BCUT2D eigenvalue weighted by atomic mass is 15.1. The lowest BCUT2D eigenvalue weighted by Crippen LogP contribution is -2.42. The predicted molar refractivity (Wildman–Crippen MR) is 64.8 cm³/mol. The highest BCUT2D eigenvalue weighted by Crippen LogP contribution is 2.05. The molecule has 1 N–H and O–H groups in total. The second-order valence-corrected chi connectivity index (χ2v) is 4.49. The van der Waals surface area contributed by atoms with Gasteiger partial charge in [0.25, 0.3) is 0 Å². The van der Waals surface area contributed by atoms with Crippen LogP contribution in [-0.2, 0) is 0 Å². The number of rotatable bonds is 8. The third-order valence-corrected chi connectivity index (χ3v) is 2.58. The Hall–Kier alpha value is -0.0800. The van der Waals surface area contributed by atoms with Gasteiger partial charge in [0.05, 0.1) is 0 Å². The molecule has 0 radical (unpaired) electrons. The maximum Gasteiger partial charge on any atom is 0.0217 e. The number of nitrogens with zero attached hydrogens (tertiary/aromatic N) is 1. The van der Waals surface area contributed by atoms with Crippen LogP contribution < -0.4 is 5.32 Å². The van der Waals surface area contributed by atoms with Crippen LogP contribution in [0.4, 0.5) is 0 Å². The molecule has 0 aromatic rings. The van der Waals surface area contributed by atoms with Crippen LogP contribution >= 0.6 is 0 Å². The Morgan fingerprint density at radius 3 is 2.21 bits per heavy atom. The summed E-state index contributed by atoms with van der Waals surface area (Å²) in [4.78, 5) is 2.48. The van der Waals surface area contributed by atoms with Crippen molar-refractivity contribution in [3.05, 3.63) is 0 Å². The summed E-state index contributed by atoms with van der Waals surface area (Å²) in [6, 6.07) is 1.31. The SMILES string of the molecule is CCCC(CNC(C)C)N(C)CCC. The van der Waals surface area contributed by atoms with Crippen LogP contribution in [0, 0.1) is 0 Å². The normalized spacial score (nSPS) is 13.9. The van der Waals surface area contributed by atoms with Gasteiger partial charge in [-0.25, -0.2) is 0 Å². The molecule has 0 saturated carbocycles. The fraction of sp³-hybridized carbons (Fsp3) is 1.00. The summed E-state index contributed by atoms with van der Waals surface area (Å²) in [5.74, 6) is 0. The molecule has 0 aliphatic heterocycles. The van der Waals surface area contributed by atoms with Crippen molar-refractivity contribution in [2.75, 3.05) is 20.1 Å². The maximum absolute atomic E-state index is 3.53. The lowest BCUT2D eigenvalue weighted by molar-refractivity contribution is 0.219. The monoisotopic (exact) mass is 200 g/mol. The van der Waals surface area contributed by atoms with Crippen molar-refractivity contribution in [3.63, 3.8) is 0 Å². The summed E-state index contributed by atoms with van der Waals surface area (Å²) >= 11 is 0. The smallest absolute Gasteiger partial charge is 0.0217 e. The first-order valence-corrected chi connectivity index (χ1v) is 6.05. The topological polar surface area (TPSA) is 15.3 Å². The Balaban J connectivity index is 3.86. The lowest BCUT2D eigenvalue weighted by atomic mass is 10.1.